The van der Waals surface area contributed by atoms with Gasteiger partial charge >= 0.3 is 0 Å². The summed E-state index contributed by atoms with van der Waals surface area (Å²) in [5, 5.41) is 1.21. The number of nitrogens with zero attached hydrogens (tertiary/aromatic N) is 1. The highest BCUT2D eigenvalue weighted by Gasteiger charge is 2.38. The van der Waals surface area contributed by atoms with E-state index in [2.05, 4.69) is 170 Å². The van der Waals surface area contributed by atoms with Crippen LogP contribution in [0.1, 0.15) is 55.4 Å². The molecule has 9 rings (SSSR count). The quantitative estimate of drug-likeness (QED) is 0.160. The summed E-state index contributed by atoms with van der Waals surface area (Å²) in [6, 6.07) is 56.4. The zero-order chi connectivity index (χ0) is 33.7. The maximum absolute atomic E-state index is 2.50. The lowest BCUT2D eigenvalue weighted by atomic mass is 9.81. The molecule has 244 valence electrons. The van der Waals surface area contributed by atoms with Gasteiger partial charge in [0.15, 0.2) is 0 Å². The van der Waals surface area contributed by atoms with Gasteiger partial charge in [0.1, 0.15) is 5.00 Å². The average Bonchev–Trinajstić information content (AvgIpc) is 3.63. The van der Waals surface area contributed by atoms with Gasteiger partial charge in [-0.1, -0.05) is 136 Å². The Morgan fingerprint density at radius 2 is 1.18 bits per heavy atom. The number of rotatable bonds is 6. The lowest BCUT2D eigenvalue weighted by molar-refractivity contribution is 0.660. The monoisotopic (exact) mass is 663 g/mol. The SMILES string of the molecule is CC1(C)c2ccccc2-c2c(-c3cccc4c3CCCCC4)cc(N(c3ccc(-c4ccccc4)cc3)c3ccc(-c4ccccc4)s3)cc21. The Morgan fingerprint density at radius 3 is 1.98 bits per heavy atom. The van der Waals surface area contributed by atoms with Crippen LogP contribution < -0.4 is 4.90 Å². The fourth-order valence-corrected chi connectivity index (χ4v) is 9.45. The third-order valence-corrected chi connectivity index (χ3v) is 12.1. The molecule has 1 nitrogen and oxygen atoms in total. The molecule has 6 aromatic carbocycles. The van der Waals surface area contributed by atoms with Crippen LogP contribution in [0.25, 0.3) is 43.8 Å². The molecule has 7 aromatic rings. The summed E-state index contributed by atoms with van der Waals surface area (Å²) in [4.78, 5) is 3.77. The second-order valence-electron chi connectivity index (χ2n) is 14.3. The fourth-order valence-electron chi connectivity index (χ4n) is 8.40. The predicted octanol–water partition coefficient (Wildman–Crippen LogP) is 13.8. The van der Waals surface area contributed by atoms with Gasteiger partial charge in [-0.25, -0.2) is 0 Å². The van der Waals surface area contributed by atoms with E-state index < -0.39 is 0 Å². The summed E-state index contributed by atoms with van der Waals surface area (Å²) < 4.78 is 0. The molecular formula is C48H41NS. The van der Waals surface area contributed by atoms with E-state index in [-0.39, 0.29) is 5.41 Å². The van der Waals surface area contributed by atoms with Crippen LogP contribution in [0.4, 0.5) is 16.4 Å². The van der Waals surface area contributed by atoms with Crippen LogP contribution in [0.5, 0.6) is 0 Å². The molecule has 1 heterocycles. The topological polar surface area (TPSA) is 3.24 Å². The van der Waals surface area contributed by atoms with Crippen molar-refractivity contribution in [3.63, 3.8) is 0 Å². The predicted molar refractivity (Wildman–Crippen MR) is 214 cm³/mol. The second-order valence-corrected chi connectivity index (χ2v) is 15.4. The zero-order valence-corrected chi connectivity index (χ0v) is 29.6. The Morgan fingerprint density at radius 1 is 0.500 bits per heavy atom. The molecule has 0 atom stereocenters. The van der Waals surface area contributed by atoms with Crippen LogP contribution in [-0.2, 0) is 18.3 Å². The highest BCUT2D eigenvalue weighted by atomic mass is 32.1. The molecule has 0 unspecified atom stereocenters. The number of benzene rings is 6. The Kier molecular flexibility index (Phi) is 7.78. The van der Waals surface area contributed by atoms with Crippen LogP contribution >= 0.6 is 11.3 Å². The molecule has 2 aliphatic rings. The minimum atomic E-state index is -0.129. The van der Waals surface area contributed by atoms with E-state index >= 15 is 0 Å². The van der Waals surface area contributed by atoms with Crippen molar-refractivity contribution in [2.24, 2.45) is 0 Å². The second kappa shape index (κ2) is 12.6. The standard InChI is InChI=1S/C48H41NS/c1-48(2)43-24-13-12-22-41(43)47-42(40-23-14-20-35-17-8-5-11-21-39(35)40)31-38(32-44(47)48)49(46-30-29-45(50-46)36-18-9-4-10-19-36)37-27-25-34(26-28-37)33-15-6-3-7-16-33/h3-4,6-7,9-10,12-16,18-20,22-32H,5,8,11,17,21H2,1-2H3. The van der Waals surface area contributed by atoms with Crippen LogP contribution in [-0.4, -0.2) is 0 Å². The summed E-state index contributed by atoms with van der Waals surface area (Å²) in [7, 11) is 0. The van der Waals surface area contributed by atoms with Crippen molar-refractivity contribution in [1.29, 1.82) is 0 Å². The van der Waals surface area contributed by atoms with Crippen LogP contribution in [0.15, 0.2) is 152 Å². The number of aryl methyl sites for hydroxylation is 1. The van der Waals surface area contributed by atoms with Gasteiger partial charge in [0.25, 0.3) is 0 Å². The third-order valence-electron chi connectivity index (χ3n) is 11.0. The van der Waals surface area contributed by atoms with Crippen LogP contribution in [0.2, 0.25) is 0 Å². The van der Waals surface area contributed by atoms with Gasteiger partial charge < -0.3 is 4.90 Å². The molecule has 0 saturated carbocycles. The van der Waals surface area contributed by atoms with E-state index in [0.717, 1.165) is 12.1 Å². The lowest BCUT2D eigenvalue weighted by Gasteiger charge is -2.29. The van der Waals surface area contributed by atoms with Gasteiger partial charge in [-0.15, -0.1) is 11.3 Å². The number of thiophene rings is 1. The zero-order valence-electron chi connectivity index (χ0n) is 28.8. The van der Waals surface area contributed by atoms with Gasteiger partial charge in [-0.2, -0.15) is 0 Å². The molecule has 2 heteroatoms. The fraction of sp³-hybridized carbons (Fsp3) is 0.167. The maximum Gasteiger partial charge on any atom is 0.101 e. The molecule has 0 spiro atoms. The van der Waals surface area contributed by atoms with Crippen LogP contribution in [0, 0.1) is 0 Å². The van der Waals surface area contributed by atoms with E-state index in [9.17, 15) is 0 Å². The summed E-state index contributed by atoms with van der Waals surface area (Å²) in [5.41, 5.74) is 17.4. The number of hydrogen-bond acceptors (Lipinski definition) is 2. The summed E-state index contributed by atoms with van der Waals surface area (Å²) in [5.74, 6) is 0. The summed E-state index contributed by atoms with van der Waals surface area (Å²) in [6.45, 7) is 4.82. The van der Waals surface area contributed by atoms with E-state index in [4.69, 9.17) is 0 Å². The Hall–Kier alpha value is -5.18. The number of fused-ring (bicyclic) bond motifs is 4. The van der Waals surface area contributed by atoms with Crippen LogP contribution in [0.3, 0.4) is 0 Å². The summed E-state index contributed by atoms with van der Waals surface area (Å²) >= 11 is 1.86. The molecule has 0 aliphatic heterocycles. The number of anilines is 3. The van der Waals surface area contributed by atoms with Crippen molar-refractivity contribution in [2.75, 3.05) is 4.90 Å². The molecule has 0 fully saturated rings. The lowest BCUT2D eigenvalue weighted by Crippen LogP contribution is -2.16. The first-order valence-electron chi connectivity index (χ1n) is 18.1. The molecular weight excluding hydrogens is 623 g/mol. The van der Waals surface area contributed by atoms with Gasteiger partial charge in [0.05, 0.1) is 0 Å². The van der Waals surface area contributed by atoms with Crippen molar-refractivity contribution >= 4 is 27.7 Å². The van der Waals surface area contributed by atoms with Crippen molar-refractivity contribution in [3.05, 3.63) is 174 Å². The van der Waals surface area contributed by atoms with E-state index in [1.54, 1.807) is 5.56 Å². The summed E-state index contributed by atoms with van der Waals surface area (Å²) in [6.07, 6.45) is 6.15. The van der Waals surface area contributed by atoms with E-state index in [0.29, 0.717) is 0 Å². The minimum Gasteiger partial charge on any atom is -0.302 e. The van der Waals surface area contributed by atoms with E-state index in [1.807, 2.05) is 11.3 Å². The van der Waals surface area contributed by atoms with Gasteiger partial charge in [-0.05, 0) is 123 Å². The molecule has 0 amide bonds. The van der Waals surface area contributed by atoms with Crippen molar-refractivity contribution < 1.29 is 0 Å². The highest BCUT2D eigenvalue weighted by Crippen LogP contribution is 2.55. The minimum absolute atomic E-state index is 0.129. The van der Waals surface area contributed by atoms with Gasteiger partial charge in [0, 0.05) is 21.7 Å². The average molecular weight is 664 g/mol. The molecule has 0 bridgehead atoms. The Bertz CT molecular complexity index is 2310. The Balaban J connectivity index is 1.28. The van der Waals surface area contributed by atoms with Crippen molar-refractivity contribution in [2.45, 2.75) is 51.4 Å². The highest BCUT2D eigenvalue weighted by molar-refractivity contribution is 7.19. The molecule has 1 aromatic heterocycles. The van der Waals surface area contributed by atoms with E-state index in [1.165, 1.54) is 96.9 Å². The first kappa shape index (κ1) is 30.8. The van der Waals surface area contributed by atoms with Gasteiger partial charge in [-0.3, -0.25) is 0 Å². The molecule has 0 N–H and O–H groups in total. The normalized spacial score (nSPS) is 14.4. The molecule has 0 saturated heterocycles. The van der Waals surface area contributed by atoms with Gasteiger partial charge in [0.2, 0.25) is 0 Å². The molecule has 2 aliphatic carbocycles. The van der Waals surface area contributed by atoms with Crippen molar-refractivity contribution in [1.82, 2.24) is 0 Å². The first-order valence-corrected chi connectivity index (χ1v) is 18.9. The maximum atomic E-state index is 2.50. The third kappa shape index (κ3) is 5.30. The Labute approximate surface area is 300 Å². The number of hydrogen-bond donors (Lipinski definition) is 0. The van der Waals surface area contributed by atoms with Crippen molar-refractivity contribution in [3.8, 4) is 43.8 Å². The molecule has 0 radical (unpaired) electrons. The first-order chi connectivity index (χ1) is 24.6. The largest absolute Gasteiger partial charge is 0.302 e. The smallest absolute Gasteiger partial charge is 0.101 e. The molecule has 50 heavy (non-hydrogen) atoms.